The molecule has 0 saturated carbocycles. The van der Waals surface area contributed by atoms with Crippen molar-refractivity contribution in [2.75, 3.05) is 28.6 Å². The molecule has 0 aliphatic carbocycles. The van der Waals surface area contributed by atoms with Crippen LogP contribution in [0, 0.1) is 0 Å². The smallest absolute Gasteiger partial charge is 0.370 e. The van der Waals surface area contributed by atoms with Gasteiger partial charge >= 0.3 is 12.2 Å². The highest BCUT2D eigenvalue weighted by Gasteiger charge is 2.32. The Morgan fingerprint density at radius 2 is 1.71 bits per heavy atom. The second kappa shape index (κ2) is 8.94. The molecule has 1 saturated heterocycles. The molecular formula is C25H23F3N6O. The van der Waals surface area contributed by atoms with Crippen LogP contribution in [0.2, 0.25) is 0 Å². The molecule has 3 heterocycles. The lowest BCUT2D eigenvalue weighted by Crippen LogP contribution is -2.24. The third-order valence-corrected chi connectivity index (χ3v) is 6.15. The molecule has 1 aliphatic heterocycles. The van der Waals surface area contributed by atoms with Gasteiger partial charge in [-0.15, -0.1) is 0 Å². The van der Waals surface area contributed by atoms with Crippen molar-refractivity contribution in [2.45, 2.75) is 19.0 Å². The summed E-state index contributed by atoms with van der Waals surface area (Å²) < 4.78 is 41.6. The van der Waals surface area contributed by atoms with Gasteiger partial charge in [-0.25, -0.2) is 4.79 Å². The molecule has 1 aliphatic rings. The third kappa shape index (κ3) is 4.64. The molecule has 2 aromatic carbocycles. The first-order valence-electron chi connectivity index (χ1n) is 11.2. The summed E-state index contributed by atoms with van der Waals surface area (Å²) >= 11 is 0. The second-order valence-corrected chi connectivity index (χ2v) is 8.47. The van der Waals surface area contributed by atoms with E-state index in [0.29, 0.717) is 11.4 Å². The lowest BCUT2D eigenvalue weighted by Gasteiger charge is -2.23. The van der Waals surface area contributed by atoms with E-state index in [1.165, 1.54) is 6.07 Å². The number of alkyl halides is 3. The van der Waals surface area contributed by atoms with Crippen molar-refractivity contribution in [1.82, 2.24) is 14.8 Å². The van der Waals surface area contributed by atoms with E-state index in [0.717, 1.165) is 60.1 Å². The van der Waals surface area contributed by atoms with E-state index < -0.39 is 17.8 Å². The van der Waals surface area contributed by atoms with Gasteiger partial charge in [0, 0.05) is 43.0 Å². The first-order chi connectivity index (χ1) is 16.8. The Kier molecular flexibility index (Phi) is 5.80. The number of pyridine rings is 1. The molecule has 5 rings (SSSR count). The molecule has 0 atom stereocenters. The van der Waals surface area contributed by atoms with Crippen molar-refractivity contribution >= 4 is 34.0 Å². The molecule has 2 amide bonds. The van der Waals surface area contributed by atoms with E-state index in [9.17, 15) is 18.0 Å². The van der Waals surface area contributed by atoms with Crippen molar-refractivity contribution in [3.63, 3.8) is 0 Å². The van der Waals surface area contributed by atoms with Crippen LogP contribution in [0.15, 0.2) is 61.1 Å². The Morgan fingerprint density at radius 1 is 0.971 bits per heavy atom. The Morgan fingerprint density at radius 3 is 2.43 bits per heavy atom. The average molecular weight is 480 g/mol. The van der Waals surface area contributed by atoms with Gasteiger partial charge in [0.05, 0.1) is 34.8 Å². The van der Waals surface area contributed by atoms with Crippen LogP contribution in [0.1, 0.15) is 18.4 Å². The molecule has 2 aromatic heterocycles. The molecule has 10 heteroatoms. The molecule has 180 valence electrons. The fourth-order valence-electron chi connectivity index (χ4n) is 4.35. The number of aryl methyl sites for hydroxylation is 1. The van der Waals surface area contributed by atoms with E-state index >= 15 is 0 Å². The lowest BCUT2D eigenvalue weighted by atomic mass is 10.0. The van der Waals surface area contributed by atoms with Crippen LogP contribution in [0.5, 0.6) is 0 Å². The maximum absolute atomic E-state index is 13.3. The zero-order valence-corrected chi connectivity index (χ0v) is 18.9. The number of amides is 2. The van der Waals surface area contributed by atoms with Gasteiger partial charge < -0.3 is 15.5 Å². The number of rotatable bonds is 4. The lowest BCUT2D eigenvalue weighted by molar-refractivity contribution is -0.137. The fraction of sp³-hybridized carbons (Fsp3) is 0.240. The first-order valence-corrected chi connectivity index (χ1v) is 11.2. The number of hydrogen-bond donors (Lipinski definition) is 2. The average Bonchev–Trinajstić information content (AvgIpc) is 3.49. The van der Waals surface area contributed by atoms with E-state index in [1.54, 1.807) is 35.4 Å². The molecule has 0 spiro atoms. The normalized spacial score (nSPS) is 13.9. The number of fused-ring (bicyclic) bond motifs is 1. The fourth-order valence-corrected chi connectivity index (χ4v) is 4.35. The molecule has 2 N–H and O–H groups in total. The van der Waals surface area contributed by atoms with Crippen molar-refractivity contribution < 1.29 is 18.0 Å². The minimum Gasteiger partial charge on any atom is -0.370 e. The number of halogens is 3. The summed E-state index contributed by atoms with van der Waals surface area (Å²) in [5.74, 6) is 0. The SMILES string of the molecule is Cn1ncc2c(-c3ccc(NC(=O)Nc4cc(C(F)(F)F)ccc4N4CCCC4)cc3)cncc21. The standard InChI is InChI=1S/C25H23F3N6O/c1-33-23-15-29-13-19(20(23)14-30-33)16-4-7-18(8-5-16)31-24(35)32-21-12-17(25(26,27)28)6-9-22(21)34-10-2-3-11-34/h4-9,12-15H,2-3,10-11H2,1H3,(H2,31,32,35). The van der Waals surface area contributed by atoms with Gasteiger partial charge in [0.25, 0.3) is 0 Å². The highest BCUT2D eigenvalue weighted by atomic mass is 19.4. The van der Waals surface area contributed by atoms with E-state index in [4.69, 9.17) is 0 Å². The summed E-state index contributed by atoms with van der Waals surface area (Å²) in [6.45, 7) is 1.48. The minimum absolute atomic E-state index is 0.130. The zero-order valence-electron chi connectivity index (χ0n) is 18.9. The third-order valence-electron chi connectivity index (χ3n) is 6.15. The number of carbonyl (C=O) groups is 1. The van der Waals surface area contributed by atoms with Gasteiger partial charge in [0.2, 0.25) is 0 Å². The quantitative estimate of drug-likeness (QED) is 0.382. The highest BCUT2D eigenvalue weighted by molar-refractivity contribution is 6.02. The molecule has 1 fully saturated rings. The number of urea groups is 1. The summed E-state index contributed by atoms with van der Waals surface area (Å²) in [6.07, 6.45) is 2.70. The number of nitrogens with one attached hydrogen (secondary N) is 2. The minimum atomic E-state index is -4.50. The van der Waals surface area contributed by atoms with Gasteiger partial charge in [-0.3, -0.25) is 9.67 Å². The van der Waals surface area contributed by atoms with E-state index in [2.05, 4.69) is 20.7 Å². The number of hydrogen-bond acceptors (Lipinski definition) is 4. The number of benzene rings is 2. The van der Waals surface area contributed by atoms with Gasteiger partial charge in [-0.1, -0.05) is 12.1 Å². The molecule has 7 nitrogen and oxygen atoms in total. The molecule has 0 radical (unpaired) electrons. The van der Waals surface area contributed by atoms with Gasteiger partial charge in [0.1, 0.15) is 0 Å². The Balaban J connectivity index is 1.35. The summed E-state index contributed by atoms with van der Waals surface area (Å²) in [5.41, 5.74) is 3.12. The zero-order chi connectivity index (χ0) is 24.6. The maximum Gasteiger partial charge on any atom is 0.416 e. The first kappa shape index (κ1) is 22.7. The molecular weight excluding hydrogens is 457 g/mol. The predicted molar refractivity (Wildman–Crippen MR) is 129 cm³/mol. The van der Waals surface area contributed by atoms with Crippen LogP contribution in [0.25, 0.3) is 22.0 Å². The summed E-state index contributed by atoms with van der Waals surface area (Å²) in [7, 11) is 1.85. The van der Waals surface area contributed by atoms with Crippen LogP contribution >= 0.6 is 0 Å². The van der Waals surface area contributed by atoms with Crippen LogP contribution in [0.4, 0.5) is 35.0 Å². The van der Waals surface area contributed by atoms with Crippen molar-refractivity contribution in [3.05, 3.63) is 66.6 Å². The van der Waals surface area contributed by atoms with Crippen molar-refractivity contribution in [2.24, 2.45) is 7.05 Å². The summed E-state index contributed by atoms with van der Waals surface area (Å²) in [4.78, 5) is 19.0. The van der Waals surface area contributed by atoms with E-state index in [-0.39, 0.29) is 5.69 Å². The van der Waals surface area contributed by atoms with Gasteiger partial charge in [-0.2, -0.15) is 18.3 Å². The largest absolute Gasteiger partial charge is 0.416 e. The number of anilines is 3. The van der Waals surface area contributed by atoms with Crippen molar-refractivity contribution in [1.29, 1.82) is 0 Å². The van der Waals surface area contributed by atoms with Crippen LogP contribution in [-0.2, 0) is 13.2 Å². The molecule has 4 aromatic rings. The summed E-state index contributed by atoms with van der Waals surface area (Å²) in [6, 6.07) is 10.00. The topological polar surface area (TPSA) is 75.1 Å². The molecule has 0 unspecified atom stereocenters. The monoisotopic (exact) mass is 480 g/mol. The Bertz CT molecular complexity index is 1370. The second-order valence-electron chi connectivity index (χ2n) is 8.47. The van der Waals surface area contributed by atoms with Crippen LogP contribution < -0.4 is 15.5 Å². The number of aromatic nitrogens is 3. The number of carbonyl (C=O) groups excluding carboxylic acids is 1. The van der Waals surface area contributed by atoms with Crippen LogP contribution in [-0.4, -0.2) is 33.9 Å². The Hall–Kier alpha value is -4.08. The molecule has 0 bridgehead atoms. The Labute approximate surface area is 199 Å². The summed E-state index contributed by atoms with van der Waals surface area (Å²) in [5, 5.41) is 10.5. The van der Waals surface area contributed by atoms with Gasteiger partial charge in [-0.05, 0) is 48.7 Å². The maximum atomic E-state index is 13.3. The van der Waals surface area contributed by atoms with Gasteiger partial charge in [0.15, 0.2) is 0 Å². The predicted octanol–water partition coefficient (Wildman–Crippen LogP) is 5.90. The van der Waals surface area contributed by atoms with Crippen LogP contribution in [0.3, 0.4) is 0 Å². The van der Waals surface area contributed by atoms with Crippen molar-refractivity contribution in [3.8, 4) is 11.1 Å². The highest BCUT2D eigenvalue weighted by Crippen LogP contribution is 2.36. The number of nitrogens with zero attached hydrogens (tertiary/aromatic N) is 4. The molecule has 35 heavy (non-hydrogen) atoms. The van der Waals surface area contributed by atoms with E-state index in [1.807, 2.05) is 24.1 Å².